The number of rotatable bonds is 9. The van der Waals surface area contributed by atoms with Gasteiger partial charge in [0.05, 0.1) is 21.3 Å². The lowest BCUT2D eigenvalue weighted by atomic mass is 10.2. The van der Waals surface area contributed by atoms with Gasteiger partial charge in [0.25, 0.3) is 0 Å². The largest absolute Gasteiger partial charge is 0.496 e. The molecule has 0 spiro atoms. The van der Waals surface area contributed by atoms with Gasteiger partial charge in [-0.3, -0.25) is 0 Å². The molecule has 0 fully saturated rings. The molecule has 152 valence electrons. The van der Waals surface area contributed by atoms with Crippen LogP contribution in [0.1, 0.15) is 16.8 Å². The summed E-state index contributed by atoms with van der Waals surface area (Å²) in [7, 11) is 4.91. The van der Waals surface area contributed by atoms with Crippen LogP contribution in [0.2, 0.25) is 0 Å². The Morgan fingerprint density at radius 1 is 0.759 bits per heavy atom. The first-order chi connectivity index (χ1) is 14.1. The van der Waals surface area contributed by atoms with Crippen LogP contribution >= 0.6 is 0 Å². The van der Waals surface area contributed by atoms with Crippen LogP contribution < -0.4 is 24.8 Å². The average Bonchev–Trinajstić information content (AvgIpc) is 2.75. The molecule has 7 heteroatoms. The summed E-state index contributed by atoms with van der Waals surface area (Å²) in [5.41, 5.74) is 2.97. The first-order valence-corrected chi connectivity index (χ1v) is 9.29. The van der Waals surface area contributed by atoms with E-state index < -0.39 is 0 Å². The zero-order chi connectivity index (χ0) is 20.6. The smallest absolute Gasteiger partial charge is 0.225 e. The van der Waals surface area contributed by atoms with Crippen LogP contribution in [-0.4, -0.2) is 31.3 Å². The summed E-state index contributed by atoms with van der Waals surface area (Å²) in [5.74, 6) is 3.54. The lowest BCUT2D eigenvalue weighted by molar-refractivity contribution is 0.354. The number of hydrogen-bond donors (Lipinski definition) is 2. The first-order valence-electron chi connectivity index (χ1n) is 9.29. The minimum absolute atomic E-state index is 0.558. The molecule has 0 aliphatic rings. The van der Waals surface area contributed by atoms with Crippen molar-refractivity contribution in [1.29, 1.82) is 0 Å². The summed E-state index contributed by atoms with van der Waals surface area (Å²) >= 11 is 0. The molecule has 29 heavy (non-hydrogen) atoms. The van der Waals surface area contributed by atoms with Crippen molar-refractivity contribution in [3.05, 3.63) is 65.4 Å². The summed E-state index contributed by atoms with van der Waals surface area (Å²) in [6, 6.07) is 15.6. The number of nitrogens with one attached hydrogen (secondary N) is 2. The van der Waals surface area contributed by atoms with E-state index in [1.165, 1.54) is 0 Å². The number of hydrogen-bond acceptors (Lipinski definition) is 7. The monoisotopic (exact) mass is 394 g/mol. The van der Waals surface area contributed by atoms with Crippen molar-refractivity contribution >= 4 is 11.8 Å². The quantitative estimate of drug-likeness (QED) is 0.567. The molecule has 3 rings (SSSR count). The second-order valence-corrected chi connectivity index (χ2v) is 6.43. The second-order valence-electron chi connectivity index (χ2n) is 6.43. The van der Waals surface area contributed by atoms with Crippen LogP contribution in [0.15, 0.2) is 48.5 Å². The lowest BCUT2D eigenvalue weighted by Crippen LogP contribution is -2.08. The standard InChI is InChI=1S/C22H26N4O3/c1-15-11-21(23-14-17-7-5-6-8-18(17)27-2)26-22(25-15)24-13-16-9-10-19(28-3)20(12-16)29-4/h5-12H,13-14H2,1-4H3,(H2,23,24,25,26). The molecule has 0 radical (unpaired) electrons. The second kappa shape index (κ2) is 9.64. The van der Waals surface area contributed by atoms with Crippen LogP contribution in [-0.2, 0) is 13.1 Å². The van der Waals surface area contributed by atoms with Gasteiger partial charge in [-0.1, -0.05) is 24.3 Å². The number of aromatic nitrogens is 2. The van der Waals surface area contributed by atoms with Crippen molar-refractivity contribution in [2.45, 2.75) is 20.0 Å². The van der Waals surface area contributed by atoms with Gasteiger partial charge in [0.2, 0.25) is 5.95 Å². The molecule has 7 nitrogen and oxygen atoms in total. The Morgan fingerprint density at radius 3 is 2.28 bits per heavy atom. The Bertz CT molecular complexity index is 963. The Kier molecular flexibility index (Phi) is 6.73. The Balaban J connectivity index is 1.67. The number of aryl methyl sites for hydroxylation is 1. The highest BCUT2D eigenvalue weighted by molar-refractivity contribution is 5.46. The van der Waals surface area contributed by atoms with E-state index >= 15 is 0 Å². The molecule has 0 saturated heterocycles. The van der Waals surface area contributed by atoms with Crippen LogP contribution in [0.25, 0.3) is 0 Å². The van der Waals surface area contributed by atoms with Crippen molar-refractivity contribution in [3.8, 4) is 17.2 Å². The molecule has 2 N–H and O–H groups in total. The van der Waals surface area contributed by atoms with E-state index in [2.05, 4.69) is 20.6 Å². The molecule has 3 aromatic rings. The minimum atomic E-state index is 0.558. The normalized spacial score (nSPS) is 10.3. The molecule has 0 aliphatic carbocycles. The molecule has 2 aromatic carbocycles. The number of ether oxygens (including phenoxy) is 3. The number of nitrogens with zero attached hydrogens (tertiary/aromatic N) is 2. The molecule has 0 atom stereocenters. The third kappa shape index (κ3) is 5.28. The van der Waals surface area contributed by atoms with Crippen molar-refractivity contribution in [1.82, 2.24) is 9.97 Å². The highest BCUT2D eigenvalue weighted by Gasteiger charge is 2.07. The van der Waals surface area contributed by atoms with Crippen LogP contribution in [0.4, 0.5) is 11.8 Å². The molecule has 1 aromatic heterocycles. The van der Waals surface area contributed by atoms with Crippen LogP contribution in [0, 0.1) is 6.92 Å². The Labute approximate surface area is 171 Å². The molecular formula is C22H26N4O3. The van der Waals surface area contributed by atoms with E-state index in [0.717, 1.165) is 28.4 Å². The maximum Gasteiger partial charge on any atom is 0.225 e. The predicted molar refractivity (Wildman–Crippen MR) is 114 cm³/mol. The van der Waals surface area contributed by atoms with Gasteiger partial charge in [0, 0.05) is 30.4 Å². The Hall–Kier alpha value is -3.48. The number of para-hydroxylation sites is 1. The number of anilines is 2. The summed E-state index contributed by atoms with van der Waals surface area (Å²) in [4.78, 5) is 9.04. The molecular weight excluding hydrogens is 368 g/mol. The van der Waals surface area contributed by atoms with Crippen molar-refractivity contribution in [3.63, 3.8) is 0 Å². The number of benzene rings is 2. The summed E-state index contributed by atoms with van der Waals surface area (Å²) in [5, 5.41) is 6.61. The fourth-order valence-corrected chi connectivity index (χ4v) is 2.94. The molecule has 0 amide bonds. The first kappa shape index (κ1) is 20.3. The van der Waals surface area contributed by atoms with Crippen LogP contribution in [0.5, 0.6) is 17.2 Å². The van der Waals surface area contributed by atoms with Gasteiger partial charge in [-0.25, -0.2) is 4.98 Å². The van der Waals surface area contributed by atoms with E-state index in [0.29, 0.717) is 30.5 Å². The maximum atomic E-state index is 5.40. The van der Waals surface area contributed by atoms with E-state index in [9.17, 15) is 0 Å². The highest BCUT2D eigenvalue weighted by atomic mass is 16.5. The molecule has 0 aliphatic heterocycles. The van der Waals surface area contributed by atoms with Gasteiger partial charge in [-0.15, -0.1) is 0 Å². The molecule has 0 saturated carbocycles. The summed E-state index contributed by atoms with van der Waals surface area (Å²) in [6.07, 6.45) is 0. The van der Waals surface area contributed by atoms with E-state index in [1.807, 2.05) is 55.5 Å². The average molecular weight is 394 g/mol. The third-order valence-electron chi connectivity index (χ3n) is 4.41. The van der Waals surface area contributed by atoms with Crippen molar-refractivity contribution < 1.29 is 14.2 Å². The van der Waals surface area contributed by atoms with Gasteiger partial charge in [0.15, 0.2) is 11.5 Å². The van der Waals surface area contributed by atoms with Gasteiger partial charge < -0.3 is 24.8 Å². The maximum absolute atomic E-state index is 5.40. The summed E-state index contributed by atoms with van der Waals surface area (Å²) < 4.78 is 16.0. The van der Waals surface area contributed by atoms with E-state index in [-0.39, 0.29) is 0 Å². The molecule has 0 bridgehead atoms. The van der Waals surface area contributed by atoms with Crippen LogP contribution in [0.3, 0.4) is 0 Å². The Morgan fingerprint density at radius 2 is 1.52 bits per heavy atom. The molecule has 1 heterocycles. The van der Waals surface area contributed by atoms with Gasteiger partial charge in [0.1, 0.15) is 11.6 Å². The highest BCUT2D eigenvalue weighted by Crippen LogP contribution is 2.27. The minimum Gasteiger partial charge on any atom is -0.496 e. The van der Waals surface area contributed by atoms with Crippen molar-refractivity contribution in [2.24, 2.45) is 0 Å². The van der Waals surface area contributed by atoms with Gasteiger partial charge >= 0.3 is 0 Å². The fourth-order valence-electron chi connectivity index (χ4n) is 2.94. The van der Waals surface area contributed by atoms with Gasteiger partial charge in [-0.2, -0.15) is 4.98 Å². The van der Waals surface area contributed by atoms with Crippen molar-refractivity contribution in [2.75, 3.05) is 32.0 Å². The van der Waals surface area contributed by atoms with E-state index in [1.54, 1.807) is 21.3 Å². The van der Waals surface area contributed by atoms with E-state index in [4.69, 9.17) is 14.2 Å². The molecule has 0 unspecified atom stereocenters. The zero-order valence-electron chi connectivity index (χ0n) is 17.2. The predicted octanol–water partition coefficient (Wildman–Crippen LogP) is 4.04. The SMILES string of the molecule is COc1ccccc1CNc1cc(C)nc(NCc2ccc(OC)c(OC)c2)n1. The summed E-state index contributed by atoms with van der Waals surface area (Å²) in [6.45, 7) is 3.11. The third-order valence-corrected chi connectivity index (χ3v) is 4.41. The zero-order valence-corrected chi connectivity index (χ0v) is 17.2. The topological polar surface area (TPSA) is 77.5 Å². The lowest BCUT2D eigenvalue weighted by Gasteiger charge is -2.13. The van der Waals surface area contributed by atoms with Gasteiger partial charge in [-0.05, 0) is 30.7 Å². The number of methoxy groups -OCH3 is 3. The fraction of sp³-hybridized carbons (Fsp3) is 0.273.